The number of anilines is 1. The maximum absolute atomic E-state index is 13.8. The molecule has 1 amide bonds. The first-order chi connectivity index (χ1) is 11.6. The monoisotopic (exact) mass is 356 g/mol. The Morgan fingerprint density at radius 2 is 2.00 bits per heavy atom. The van der Waals surface area contributed by atoms with Gasteiger partial charge in [-0.1, -0.05) is 0 Å². The van der Waals surface area contributed by atoms with Crippen LogP contribution in [0.1, 0.15) is 44.0 Å². The summed E-state index contributed by atoms with van der Waals surface area (Å²) in [5, 5.41) is 11.7. The third-order valence-electron chi connectivity index (χ3n) is 3.82. The molecule has 0 radical (unpaired) electrons. The standard InChI is InChI=1S/C17H22F2N2O4/c1-17(2,3)25-16(24)21-6-4-5-10(21)9-20-14-7-11(15(22)23)12(18)8-13(14)19/h7-8,10,20H,4-6,9H2,1-3H3,(H,22,23). The van der Waals surface area contributed by atoms with Gasteiger partial charge in [0.15, 0.2) is 0 Å². The highest BCUT2D eigenvalue weighted by Crippen LogP contribution is 2.23. The largest absolute Gasteiger partial charge is 0.478 e. The number of likely N-dealkylation sites (tertiary alicyclic amines) is 1. The van der Waals surface area contributed by atoms with E-state index in [4.69, 9.17) is 9.84 Å². The van der Waals surface area contributed by atoms with Gasteiger partial charge < -0.3 is 20.1 Å². The summed E-state index contributed by atoms with van der Waals surface area (Å²) in [6.07, 6.45) is 1.06. The van der Waals surface area contributed by atoms with Crippen molar-refractivity contribution in [1.29, 1.82) is 0 Å². The molecule has 1 aliphatic rings. The molecular formula is C17H22F2N2O4. The van der Waals surface area contributed by atoms with Crippen molar-refractivity contribution >= 4 is 17.7 Å². The van der Waals surface area contributed by atoms with Gasteiger partial charge in [0.25, 0.3) is 0 Å². The van der Waals surface area contributed by atoms with Gasteiger partial charge in [-0.2, -0.15) is 0 Å². The molecule has 0 bridgehead atoms. The number of nitrogens with one attached hydrogen (secondary N) is 1. The molecule has 1 aromatic carbocycles. The van der Waals surface area contributed by atoms with Gasteiger partial charge in [0, 0.05) is 19.2 Å². The fourth-order valence-electron chi connectivity index (χ4n) is 2.68. The van der Waals surface area contributed by atoms with Gasteiger partial charge in [-0.25, -0.2) is 18.4 Å². The molecule has 0 aromatic heterocycles. The highest BCUT2D eigenvalue weighted by molar-refractivity contribution is 5.89. The summed E-state index contributed by atoms with van der Waals surface area (Å²) >= 11 is 0. The van der Waals surface area contributed by atoms with Crippen molar-refractivity contribution in [3.05, 3.63) is 29.3 Å². The molecular weight excluding hydrogens is 334 g/mol. The molecule has 1 aromatic rings. The molecule has 2 N–H and O–H groups in total. The molecule has 25 heavy (non-hydrogen) atoms. The number of amides is 1. The number of halogens is 2. The van der Waals surface area contributed by atoms with Crippen LogP contribution in [0, 0.1) is 11.6 Å². The van der Waals surface area contributed by atoms with Crippen molar-refractivity contribution in [3.63, 3.8) is 0 Å². The van der Waals surface area contributed by atoms with Crippen LogP contribution in [0.3, 0.4) is 0 Å². The molecule has 138 valence electrons. The van der Waals surface area contributed by atoms with E-state index in [1.54, 1.807) is 25.7 Å². The van der Waals surface area contributed by atoms with Crippen LogP contribution in [0.15, 0.2) is 12.1 Å². The molecule has 1 atom stereocenters. The van der Waals surface area contributed by atoms with Gasteiger partial charge in [0.2, 0.25) is 0 Å². The number of carbonyl (C=O) groups is 2. The van der Waals surface area contributed by atoms with Crippen LogP contribution in [-0.4, -0.2) is 46.8 Å². The van der Waals surface area contributed by atoms with E-state index in [1.807, 2.05) is 0 Å². The molecule has 1 heterocycles. The van der Waals surface area contributed by atoms with Crippen molar-refractivity contribution in [2.45, 2.75) is 45.3 Å². The number of aromatic carboxylic acids is 1. The number of benzene rings is 1. The molecule has 0 spiro atoms. The maximum Gasteiger partial charge on any atom is 0.410 e. The minimum atomic E-state index is -1.48. The Balaban J connectivity index is 2.06. The van der Waals surface area contributed by atoms with E-state index < -0.39 is 34.9 Å². The van der Waals surface area contributed by atoms with Crippen LogP contribution < -0.4 is 5.32 Å². The van der Waals surface area contributed by atoms with E-state index in [9.17, 15) is 18.4 Å². The number of carboxylic acids is 1. The number of carbonyl (C=O) groups excluding carboxylic acids is 1. The van der Waals surface area contributed by atoms with Gasteiger partial charge in [-0.15, -0.1) is 0 Å². The summed E-state index contributed by atoms with van der Waals surface area (Å²) in [5.41, 5.74) is -1.34. The Bertz CT molecular complexity index is 673. The second-order valence-corrected chi connectivity index (χ2v) is 6.97. The Kier molecular flexibility index (Phi) is 5.49. The smallest absolute Gasteiger partial charge is 0.410 e. The van der Waals surface area contributed by atoms with Crippen LogP contribution in [0.2, 0.25) is 0 Å². The fourth-order valence-corrected chi connectivity index (χ4v) is 2.68. The third kappa shape index (κ3) is 4.80. The van der Waals surface area contributed by atoms with Crippen LogP contribution in [0.25, 0.3) is 0 Å². The predicted molar refractivity (Wildman–Crippen MR) is 87.8 cm³/mol. The zero-order valence-electron chi connectivity index (χ0n) is 14.4. The fraction of sp³-hybridized carbons (Fsp3) is 0.529. The van der Waals surface area contributed by atoms with E-state index in [0.29, 0.717) is 19.0 Å². The van der Waals surface area contributed by atoms with Gasteiger partial charge in [-0.3, -0.25) is 0 Å². The van der Waals surface area contributed by atoms with Crippen LogP contribution in [0.4, 0.5) is 19.3 Å². The zero-order chi connectivity index (χ0) is 18.8. The van der Waals surface area contributed by atoms with Crippen molar-refractivity contribution < 1.29 is 28.2 Å². The zero-order valence-corrected chi connectivity index (χ0v) is 14.4. The first-order valence-corrected chi connectivity index (χ1v) is 8.04. The van der Waals surface area contributed by atoms with E-state index in [1.165, 1.54) is 0 Å². The average molecular weight is 356 g/mol. The number of hydrogen-bond donors (Lipinski definition) is 2. The molecule has 1 unspecified atom stereocenters. The second kappa shape index (κ2) is 7.25. The third-order valence-corrected chi connectivity index (χ3v) is 3.82. The van der Waals surface area contributed by atoms with Gasteiger partial charge in [-0.05, 0) is 39.7 Å². The highest BCUT2D eigenvalue weighted by atomic mass is 19.1. The highest BCUT2D eigenvalue weighted by Gasteiger charge is 2.32. The van der Waals surface area contributed by atoms with E-state index in [-0.39, 0.29) is 18.3 Å². The molecule has 2 rings (SSSR count). The summed E-state index contributed by atoms with van der Waals surface area (Å²) in [4.78, 5) is 24.7. The summed E-state index contributed by atoms with van der Waals surface area (Å²) < 4.78 is 32.6. The Morgan fingerprint density at radius 3 is 2.60 bits per heavy atom. The van der Waals surface area contributed by atoms with Crippen LogP contribution >= 0.6 is 0 Å². The van der Waals surface area contributed by atoms with E-state index >= 15 is 0 Å². The van der Waals surface area contributed by atoms with Crippen LogP contribution in [-0.2, 0) is 4.74 Å². The number of hydrogen-bond acceptors (Lipinski definition) is 4. The Hall–Kier alpha value is -2.38. The molecule has 6 nitrogen and oxygen atoms in total. The number of ether oxygens (including phenoxy) is 1. The minimum Gasteiger partial charge on any atom is -0.478 e. The maximum atomic E-state index is 13.8. The summed E-state index contributed by atoms with van der Waals surface area (Å²) in [5.74, 6) is -3.49. The van der Waals surface area contributed by atoms with E-state index in [2.05, 4.69) is 5.32 Å². The summed E-state index contributed by atoms with van der Waals surface area (Å²) in [6.45, 7) is 6.06. The van der Waals surface area contributed by atoms with Crippen molar-refractivity contribution in [3.8, 4) is 0 Å². The summed E-state index contributed by atoms with van der Waals surface area (Å²) in [6, 6.07) is 1.24. The molecule has 0 saturated carbocycles. The predicted octanol–water partition coefficient (Wildman–Crippen LogP) is 3.47. The Labute approximate surface area is 144 Å². The van der Waals surface area contributed by atoms with Gasteiger partial charge in [0.1, 0.15) is 17.2 Å². The number of carboxylic acid groups (broad SMARTS) is 1. The molecule has 0 aliphatic carbocycles. The first-order valence-electron chi connectivity index (χ1n) is 8.04. The lowest BCUT2D eigenvalue weighted by Crippen LogP contribution is -2.42. The van der Waals surface area contributed by atoms with Crippen LogP contribution in [0.5, 0.6) is 0 Å². The summed E-state index contributed by atoms with van der Waals surface area (Å²) in [7, 11) is 0. The lowest BCUT2D eigenvalue weighted by Gasteiger charge is -2.29. The van der Waals surface area contributed by atoms with Gasteiger partial charge >= 0.3 is 12.1 Å². The average Bonchev–Trinajstić information content (AvgIpc) is 2.92. The first kappa shape index (κ1) is 19.0. The Morgan fingerprint density at radius 1 is 1.32 bits per heavy atom. The lowest BCUT2D eigenvalue weighted by atomic mass is 10.1. The quantitative estimate of drug-likeness (QED) is 0.864. The molecule has 1 aliphatic heterocycles. The lowest BCUT2D eigenvalue weighted by molar-refractivity contribution is 0.0235. The minimum absolute atomic E-state index is 0.116. The van der Waals surface area contributed by atoms with Crippen molar-refractivity contribution in [2.24, 2.45) is 0 Å². The van der Waals surface area contributed by atoms with E-state index in [0.717, 1.165) is 12.5 Å². The normalized spacial score (nSPS) is 17.5. The SMILES string of the molecule is CC(C)(C)OC(=O)N1CCCC1CNc1cc(C(=O)O)c(F)cc1F. The second-order valence-electron chi connectivity index (χ2n) is 6.97. The van der Waals surface area contributed by atoms with Crippen molar-refractivity contribution in [2.75, 3.05) is 18.4 Å². The molecule has 8 heteroatoms. The van der Waals surface area contributed by atoms with Gasteiger partial charge in [0.05, 0.1) is 17.3 Å². The number of rotatable bonds is 4. The topological polar surface area (TPSA) is 78.9 Å². The molecule has 1 fully saturated rings. The number of nitrogens with zero attached hydrogens (tertiary/aromatic N) is 1. The van der Waals surface area contributed by atoms with Crippen molar-refractivity contribution in [1.82, 2.24) is 4.90 Å². The molecule has 1 saturated heterocycles.